The molecule has 3 N–H and O–H groups in total. The fourth-order valence-corrected chi connectivity index (χ4v) is 1.62. The van der Waals surface area contributed by atoms with Gasteiger partial charge in [-0.3, -0.25) is 9.99 Å². The van der Waals surface area contributed by atoms with E-state index >= 15 is 0 Å². The molecule has 8 nitrogen and oxygen atoms in total. The molecular weight excluding hydrogens is 258 g/mol. The second-order valence-electron chi connectivity index (χ2n) is 4.74. The molecular formula is C12H19N7O. The van der Waals surface area contributed by atoms with Crippen molar-refractivity contribution < 1.29 is 4.74 Å². The normalized spacial score (nSPS) is 10.8. The van der Waals surface area contributed by atoms with Gasteiger partial charge in [0.05, 0.1) is 6.61 Å². The lowest BCUT2D eigenvalue weighted by Gasteiger charge is -2.08. The van der Waals surface area contributed by atoms with Gasteiger partial charge in [-0.2, -0.15) is 15.0 Å². The maximum absolute atomic E-state index is 5.55. The van der Waals surface area contributed by atoms with E-state index in [0.29, 0.717) is 18.5 Å². The molecule has 20 heavy (non-hydrogen) atoms. The van der Waals surface area contributed by atoms with E-state index in [4.69, 9.17) is 10.6 Å². The summed E-state index contributed by atoms with van der Waals surface area (Å²) in [7, 11) is 0. The number of hydrogen-bond acceptors (Lipinski definition) is 7. The van der Waals surface area contributed by atoms with E-state index in [1.807, 2.05) is 0 Å². The van der Waals surface area contributed by atoms with Crippen LogP contribution in [0.1, 0.15) is 26.7 Å². The van der Waals surface area contributed by atoms with Crippen LogP contribution in [0.4, 0.5) is 5.95 Å². The van der Waals surface area contributed by atoms with Crippen molar-refractivity contribution in [1.29, 1.82) is 0 Å². The molecule has 8 heteroatoms. The molecule has 0 radical (unpaired) electrons. The summed E-state index contributed by atoms with van der Waals surface area (Å²) in [5, 5.41) is 0. The van der Waals surface area contributed by atoms with Gasteiger partial charge in [0, 0.05) is 12.4 Å². The van der Waals surface area contributed by atoms with E-state index in [0.717, 1.165) is 12.8 Å². The molecule has 2 rings (SSSR count). The molecule has 0 aromatic carbocycles. The molecule has 2 aromatic heterocycles. The zero-order valence-corrected chi connectivity index (χ0v) is 11.7. The third-order valence-corrected chi connectivity index (χ3v) is 2.62. The molecule has 0 amide bonds. The lowest BCUT2D eigenvalue weighted by atomic mass is 10.1. The molecule has 0 aliphatic rings. The first kappa shape index (κ1) is 14.2. The van der Waals surface area contributed by atoms with Crippen molar-refractivity contribution in [3.05, 3.63) is 18.7 Å². The van der Waals surface area contributed by atoms with Crippen molar-refractivity contribution in [3.63, 3.8) is 0 Å². The molecule has 0 aliphatic carbocycles. The van der Waals surface area contributed by atoms with Crippen LogP contribution in [0.3, 0.4) is 0 Å². The zero-order chi connectivity index (χ0) is 14.4. The second-order valence-corrected chi connectivity index (χ2v) is 4.74. The van der Waals surface area contributed by atoms with Gasteiger partial charge in [0.2, 0.25) is 11.9 Å². The zero-order valence-electron chi connectivity index (χ0n) is 11.7. The predicted molar refractivity (Wildman–Crippen MR) is 74.3 cm³/mol. The molecule has 2 heterocycles. The number of ether oxygens (including phenoxy) is 1. The van der Waals surface area contributed by atoms with E-state index in [-0.39, 0.29) is 12.0 Å². The van der Waals surface area contributed by atoms with Crippen molar-refractivity contribution in [2.75, 3.05) is 12.0 Å². The van der Waals surface area contributed by atoms with Crippen LogP contribution < -0.4 is 16.0 Å². The summed E-state index contributed by atoms with van der Waals surface area (Å²) >= 11 is 0. The van der Waals surface area contributed by atoms with Crippen LogP contribution in [0.15, 0.2) is 18.7 Å². The fraction of sp³-hybridized carbons (Fsp3) is 0.500. The van der Waals surface area contributed by atoms with Gasteiger partial charge in [-0.15, -0.1) is 0 Å². The molecule has 0 spiro atoms. The van der Waals surface area contributed by atoms with E-state index in [2.05, 4.69) is 39.2 Å². The second kappa shape index (κ2) is 6.80. The number of nitrogens with two attached hydrogens (primary N) is 1. The van der Waals surface area contributed by atoms with Gasteiger partial charge >= 0.3 is 6.01 Å². The Morgan fingerprint density at radius 2 is 2.20 bits per heavy atom. The lowest BCUT2D eigenvalue weighted by Crippen LogP contribution is -2.14. The van der Waals surface area contributed by atoms with E-state index in [1.165, 1.54) is 0 Å². The highest BCUT2D eigenvalue weighted by Crippen LogP contribution is 2.11. The molecule has 0 saturated carbocycles. The van der Waals surface area contributed by atoms with Gasteiger partial charge in [0.1, 0.15) is 6.33 Å². The molecule has 0 aliphatic heterocycles. The van der Waals surface area contributed by atoms with Gasteiger partial charge < -0.3 is 4.74 Å². The summed E-state index contributed by atoms with van der Waals surface area (Å²) in [6, 6.07) is 0.250. The molecule has 108 valence electrons. The smallest absolute Gasteiger partial charge is 0.323 e. The van der Waals surface area contributed by atoms with Crippen molar-refractivity contribution >= 4 is 5.95 Å². The van der Waals surface area contributed by atoms with Crippen molar-refractivity contribution in [1.82, 2.24) is 24.5 Å². The Kier molecular flexibility index (Phi) is 4.83. The summed E-state index contributed by atoms with van der Waals surface area (Å²) in [6.07, 6.45) is 7.02. The minimum atomic E-state index is 0.250. The molecule has 0 bridgehead atoms. The van der Waals surface area contributed by atoms with Crippen LogP contribution in [-0.4, -0.2) is 31.1 Å². The molecule has 0 unspecified atom stereocenters. The number of anilines is 1. The van der Waals surface area contributed by atoms with Crippen LogP contribution in [0.25, 0.3) is 5.95 Å². The van der Waals surface area contributed by atoms with E-state index < -0.39 is 0 Å². The quantitative estimate of drug-likeness (QED) is 0.444. The van der Waals surface area contributed by atoms with E-state index in [1.54, 1.807) is 23.3 Å². The summed E-state index contributed by atoms with van der Waals surface area (Å²) in [4.78, 5) is 16.4. The summed E-state index contributed by atoms with van der Waals surface area (Å²) in [5.41, 5.74) is 2.40. The minimum Gasteiger partial charge on any atom is -0.463 e. The SMILES string of the molecule is CC(C)CCCOc1nc(NN)nc(-n2ccnc2)n1. The number of hydrogen-bond donors (Lipinski definition) is 2. The molecule has 0 fully saturated rings. The van der Waals surface area contributed by atoms with Crippen LogP contribution >= 0.6 is 0 Å². The first-order valence-electron chi connectivity index (χ1n) is 6.53. The minimum absolute atomic E-state index is 0.250. The van der Waals surface area contributed by atoms with Gasteiger partial charge in [-0.1, -0.05) is 13.8 Å². The average molecular weight is 277 g/mol. The monoisotopic (exact) mass is 277 g/mol. The Labute approximate surface area is 117 Å². The average Bonchev–Trinajstić information content (AvgIpc) is 2.97. The van der Waals surface area contributed by atoms with Crippen molar-refractivity contribution in [2.24, 2.45) is 11.8 Å². The standard InChI is InChI=1S/C12H19N7O/c1-9(2)4-3-7-20-12-16-10(18-13)15-11(17-12)19-6-5-14-8-19/h5-6,8-9H,3-4,7,13H2,1-2H3,(H,15,16,17,18). The van der Waals surface area contributed by atoms with Crippen LogP contribution in [0.5, 0.6) is 6.01 Å². The largest absolute Gasteiger partial charge is 0.463 e. The number of hydrazine groups is 1. The fourth-order valence-electron chi connectivity index (χ4n) is 1.62. The first-order chi connectivity index (χ1) is 9.69. The Balaban J connectivity index is 2.06. The highest BCUT2D eigenvalue weighted by atomic mass is 16.5. The summed E-state index contributed by atoms with van der Waals surface area (Å²) in [6.45, 7) is 4.92. The number of imidazole rings is 1. The topological polar surface area (TPSA) is 104 Å². The number of rotatable bonds is 7. The highest BCUT2D eigenvalue weighted by molar-refractivity contribution is 5.28. The number of nitrogens with zero attached hydrogens (tertiary/aromatic N) is 5. The molecule has 0 saturated heterocycles. The number of aromatic nitrogens is 5. The van der Waals surface area contributed by atoms with Gasteiger partial charge in [-0.05, 0) is 18.8 Å². The third-order valence-electron chi connectivity index (χ3n) is 2.62. The van der Waals surface area contributed by atoms with Gasteiger partial charge in [0.25, 0.3) is 0 Å². The Bertz CT molecular complexity index is 527. The number of nitrogens with one attached hydrogen (secondary N) is 1. The van der Waals surface area contributed by atoms with Crippen LogP contribution in [-0.2, 0) is 0 Å². The van der Waals surface area contributed by atoms with Crippen molar-refractivity contribution in [3.8, 4) is 12.0 Å². The highest BCUT2D eigenvalue weighted by Gasteiger charge is 2.08. The van der Waals surface area contributed by atoms with E-state index in [9.17, 15) is 0 Å². The van der Waals surface area contributed by atoms with Crippen LogP contribution in [0, 0.1) is 5.92 Å². The Morgan fingerprint density at radius 3 is 2.85 bits per heavy atom. The summed E-state index contributed by atoms with van der Waals surface area (Å²) in [5.74, 6) is 6.66. The maximum Gasteiger partial charge on any atom is 0.323 e. The maximum atomic E-state index is 5.55. The third kappa shape index (κ3) is 3.89. The predicted octanol–water partition coefficient (Wildman–Crippen LogP) is 1.16. The lowest BCUT2D eigenvalue weighted by molar-refractivity contribution is 0.275. The van der Waals surface area contributed by atoms with Gasteiger partial charge in [0.15, 0.2) is 0 Å². The number of nitrogen functional groups attached to an aromatic ring is 1. The molecule has 0 atom stereocenters. The Hall–Kier alpha value is -2.22. The first-order valence-corrected chi connectivity index (χ1v) is 6.53. The van der Waals surface area contributed by atoms with Gasteiger partial charge in [-0.25, -0.2) is 10.8 Å². The molecule has 2 aromatic rings. The summed E-state index contributed by atoms with van der Waals surface area (Å²) < 4.78 is 7.20. The Morgan fingerprint density at radius 1 is 1.35 bits per heavy atom. The van der Waals surface area contributed by atoms with Crippen molar-refractivity contribution in [2.45, 2.75) is 26.7 Å². The van der Waals surface area contributed by atoms with Crippen LogP contribution in [0.2, 0.25) is 0 Å².